The van der Waals surface area contributed by atoms with Crippen molar-refractivity contribution in [1.82, 2.24) is 4.98 Å². The number of aliphatic hydroxyl groups excluding tert-OH is 1. The highest BCUT2D eigenvalue weighted by molar-refractivity contribution is 5.85. The molecule has 3 aromatic rings. The lowest BCUT2D eigenvalue weighted by Crippen LogP contribution is -1.99. The molecule has 0 aliphatic heterocycles. The van der Waals surface area contributed by atoms with Crippen LogP contribution in [0.4, 0.5) is 4.39 Å². The number of hydrogen-bond acceptors (Lipinski definition) is 3. The van der Waals surface area contributed by atoms with E-state index in [-0.39, 0.29) is 5.82 Å². The predicted octanol–water partition coefficient (Wildman–Crippen LogP) is 7.00. The summed E-state index contributed by atoms with van der Waals surface area (Å²) in [5, 5.41) is 9.30. The third kappa shape index (κ3) is 7.62. The molecule has 4 heteroatoms. The van der Waals surface area contributed by atoms with Gasteiger partial charge in [-0.05, 0) is 49.1 Å². The number of aromatic nitrogens is 1. The van der Waals surface area contributed by atoms with Crippen LogP contribution in [0.15, 0.2) is 54.6 Å². The second kappa shape index (κ2) is 13.1. The second-order valence-corrected chi connectivity index (χ2v) is 8.17. The fraction of sp³-hybridized carbons (Fsp3) is 0.444. The first kappa shape index (κ1) is 23.2. The fourth-order valence-corrected chi connectivity index (χ4v) is 3.84. The van der Waals surface area contributed by atoms with Gasteiger partial charge in [-0.1, -0.05) is 75.3 Å². The summed E-state index contributed by atoms with van der Waals surface area (Å²) in [6, 6.07) is 16.9. The van der Waals surface area contributed by atoms with Crippen molar-refractivity contribution in [3.63, 3.8) is 0 Å². The van der Waals surface area contributed by atoms with Crippen LogP contribution in [-0.2, 0) is 13.0 Å². The van der Waals surface area contributed by atoms with Crippen molar-refractivity contribution in [2.75, 3.05) is 6.61 Å². The molecule has 0 saturated carbocycles. The molecule has 0 amide bonds. The van der Waals surface area contributed by atoms with E-state index in [4.69, 9.17) is 14.8 Å². The van der Waals surface area contributed by atoms with E-state index in [9.17, 15) is 4.39 Å². The van der Waals surface area contributed by atoms with Crippen LogP contribution < -0.4 is 4.74 Å². The van der Waals surface area contributed by atoms with Crippen molar-refractivity contribution >= 4 is 10.9 Å². The lowest BCUT2D eigenvalue weighted by Gasteiger charge is -2.11. The van der Waals surface area contributed by atoms with E-state index in [1.54, 1.807) is 6.07 Å². The van der Waals surface area contributed by atoms with Crippen LogP contribution in [0.5, 0.6) is 5.75 Å². The number of nitrogens with zero attached hydrogens (tertiary/aromatic N) is 1. The molecule has 0 bridgehead atoms. The van der Waals surface area contributed by atoms with Crippen molar-refractivity contribution in [2.45, 2.75) is 70.8 Å². The van der Waals surface area contributed by atoms with E-state index in [1.807, 2.05) is 42.5 Å². The van der Waals surface area contributed by atoms with Crippen LogP contribution in [0.3, 0.4) is 0 Å². The normalized spacial score (nSPS) is 11.2. The first-order chi connectivity index (χ1) is 15.3. The number of ether oxygens (including phenoxy) is 1. The standard InChI is InChI=1S/C27H34FNO2/c28-25-18-19-26(31-21-22-13-9-8-10-14-22)27-24(25)17-16-23(29-27)15-11-6-4-2-1-3-5-7-12-20-30/h8-10,13-14,16-19,30H,1-7,11-12,15,20-21H2. The van der Waals surface area contributed by atoms with Crippen LogP contribution in [0.1, 0.15) is 69.0 Å². The zero-order valence-electron chi connectivity index (χ0n) is 18.4. The Hall–Kier alpha value is -2.46. The van der Waals surface area contributed by atoms with Crippen molar-refractivity contribution in [1.29, 1.82) is 0 Å². The molecule has 3 rings (SSSR count). The highest BCUT2D eigenvalue weighted by Crippen LogP contribution is 2.28. The Kier molecular flexibility index (Phi) is 9.78. The number of hydrogen-bond donors (Lipinski definition) is 1. The quantitative estimate of drug-likeness (QED) is 0.284. The third-order valence-corrected chi connectivity index (χ3v) is 5.65. The Bertz CT molecular complexity index is 914. The van der Waals surface area contributed by atoms with E-state index in [0.29, 0.717) is 29.9 Å². The van der Waals surface area contributed by atoms with Gasteiger partial charge in [0.25, 0.3) is 0 Å². The first-order valence-corrected chi connectivity index (χ1v) is 11.6. The number of pyridine rings is 1. The number of fused-ring (bicyclic) bond motifs is 1. The Morgan fingerprint density at radius 3 is 2.13 bits per heavy atom. The lowest BCUT2D eigenvalue weighted by molar-refractivity contribution is 0.282. The summed E-state index contributed by atoms with van der Waals surface area (Å²) < 4.78 is 20.3. The average molecular weight is 424 g/mol. The molecule has 0 atom stereocenters. The molecule has 0 fully saturated rings. The van der Waals surface area contributed by atoms with E-state index >= 15 is 0 Å². The Labute approximate surface area is 185 Å². The molecule has 0 saturated heterocycles. The number of aryl methyl sites for hydroxylation is 1. The second-order valence-electron chi connectivity index (χ2n) is 8.17. The van der Waals surface area contributed by atoms with Gasteiger partial charge in [-0.2, -0.15) is 0 Å². The average Bonchev–Trinajstić information content (AvgIpc) is 2.80. The number of aliphatic hydroxyl groups is 1. The van der Waals surface area contributed by atoms with Gasteiger partial charge >= 0.3 is 0 Å². The van der Waals surface area contributed by atoms with E-state index in [1.165, 1.54) is 44.6 Å². The minimum atomic E-state index is -0.264. The minimum Gasteiger partial charge on any atom is -0.487 e. The third-order valence-electron chi connectivity index (χ3n) is 5.65. The number of rotatable bonds is 14. The van der Waals surface area contributed by atoms with Crippen molar-refractivity contribution < 1.29 is 14.2 Å². The lowest BCUT2D eigenvalue weighted by atomic mass is 10.1. The van der Waals surface area contributed by atoms with Gasteiger partial charge < -0.3 is 9.84 Å². The summed E-state index contributed by atoms with van der Waals surface area (Å²) in [5.41, 5.74) is 2.67. The maximum absolute atomic E-state index is 14.3. The molecular weight excluding hydrogens is 389 g/mol. The summed E-state index contributed by atoms with van der Waals surface area (Å²) in [4.78, 5) is 4.74. The number of benzene rings is 2. The van der Waals surface area contributed by atoms with E-state index < -0.39 is 0 Å². The summed E-state index contributed by atoms with van der Waals surface area (Å²) >= 11 is 0. The van der Waals surface area contributed by atoms with Gasteiger partial charge in [0.1, 0.15) is 23.7 Å². The molecule has 0 spiro atoms. The van der Waals surface area contributed by atoms with Gasteiger partial charge in [-0.3, -0.25) is 0 Å². The van der Waals surface area contributed by atoms with Crippen LogP contribution in [-0.4, -0.2) is 16.7 Å². The largest absolute Gasteiger partial charge is 0.487 e. The molecule has 0 radical (unpaired) electrons. The molecule has 0 aliphatic carbocycles. The number of unbranched alkanes of at least 4 members (excludes halogenated alkanes) is 8. The van der Waals surface area contributed by atoms with Gasteiger partial charge in [-0.25, -0.2) is 9.37 Å². The molecule has 2 aromatic carbocycles. The maximum atomic E-state index is 14.3. The molecule has 3 nitrogen and oxygen atoms in total. The topological polar surface area (TPSA) is 42.4 Å². The molecule has 1 aromatic heterocycles. The van der Waals surface area contributed by atoms with Gasteiger partial charge in [0.2, 0.25) is 0 Å². The smallest absolute Gasteiger partial charge is 0.146 e. The Balaban J connectivity index is 1.49. The molecule has 0 aliphatic rings. The molecule has 31 heavy (non-hydrogen) atoms. The van der Waals surface area contributed by atoms with Gasteiger partial charge in [0.15, 0.2) is 0 Å². The summed E-state index contributed by atoms with van der Waals surface area (Å²) in [6.07, 6.45) is 11.6. The first-order valence-electron chi connectivity index (χ1n) is 11.6. The zero-order chi connectivity index (χ0) is 21.7. The summed E-state index contributed by atoms with van der Waals surface area (Å²) in [5.74, 6) is 0.364. The zero-order valence-corrected chi connectivity index (χ0v) is 18.4. The Morgan fingerprint density at radius 2 is 1.42 bits per heavy atom. The highest BCUT2D eigenvalue weighted by Gasteiger charge is 2.10. The van der Waals surface area contributed by atoms with Gasteiger partial charge in [-0.15, -0.1) is 0 Å². The molecule has 1 heterocycles. The SMILES string of the molecule is OCCCCCCCCCCCc1ccc2c(F)ccc(OCc3ccccc3)c2n1. The molecule has 1 N–H and O–H groups in total. The Morgan fingerprint density at radius 1 is 0.742 bits per heavy atom. The van der Waals surface area contributed by atoms with Crippen molar-refractivity contribution in [2.24, 2.45) is 0 Å². The van der Waals surface area contributed by atoms with Crippen LogP contribution >= 0.6 is 0 Å². The van der Waals surface area contributed by atoms with Gasteiger partial charge in [0.05, 0.1) is 0 Å². The number of halogens is 1. The molecule has 166 valence electrons. The monoisotopic (exact) mass is 423 g/mol. The van der Waals surface area contributed by atoms with Crippen LogP contribution in [0, 0.1) is 5.82 Å². The predicted molar refractivity (Wildman–Crippen MR) is 125 cm³/mol. The minimum absolute atomic E-state index is 0.264. The van der Waals surface area contributed by atoms with E-state index in [2.05, 4.69) is 0 Å². The van der Waals surface area contributed by atoms with Crippen molar-refractivity contribution in [3.05, 3.63) is 71.7 Å². The van der Waals surface area contributed by atoms with Crippen LogP contribution in [0.2, 0.25) is 0 Å². The molecule has 0 unspecified atom stereocenters. The molecular formula is C27H34FNO2. The van der Waals surface area contributed by atoms with E-state index in [0.717, 1.165) is 36.9 Å². The summed E-state index contributed by atoms with van der Waals surface area (Å²) in [7, 11) is 0. The summed E-state index contributed by atoms with van der Waals surface area (Å²) in [6.45, 7) is 0.754. The maximum Gasteiger partial charge on any atom is 0.146 e. The van der Waals surface area contributed by atoms with Crippen LogP contribution in [0.25, 0.3) is 10.9 Å². The van der Waals surface area contributed by atoms with Crippen molar-refractivity contribution in [3.8, 4) is 5.75 Å². The van der Waals surface area contributed by atoms with Gasteiger partial charge in [0, 0.05) is 17.7 Å². The highest BCUT2D eigenvalue weighted by atomic mass is 19.1. The fourth-order valence-electron chi connectivity index (χ4n) is 3.84.